The quantitative estimate of drug-likeness (QED) is 0.302. The summed E-state index contributed by atoms with van der Waals surface area (Å²) in [6.07, 6.45) is 2.26. The van der Waals surface area contributed by atoms with E-state index in [-0.39, 0.29) is 0 Å². The number of nitrogens with one attached hydrogen (secondary N) is 2. The van der Waals surface area contributed by atoms with Gasteiger partial charge in [0.05, 0.1) is 12.1 Å². The van der Waals surface area contributed by atoms with Gasteiger partial charge in [0.25, 0.3) is 0 Å². The number of benzene rings is 2. The topological polar surface area (TPSA) is 30.5 Å². The summed E-state index contributed by atoms with van der Waals surface area (Å²) in [5.74, 6) is 0. The van der Waals surface area contributed by atoms with Gasteiger partial charge in [-0.05, 0) is 63.6 Å². The molecule has 4 nitrogen and oxygen atoms in total. The van der Waals surface area contributed by atoms with Crippen LogP contribution in [0.4, 0.5) is 0 Å². The summed E-state index contributed by atoms with van der Waals surface area (Å²) >= 11 is 5.26. The Bertz CT molecular complexity index is 757. The second-order valence-electron chi connectivity index (χ2n) is 8.61. The van der Waals surface area contributed by atoms with E-state index >= 15 is 0 Å². The van der Waals surface area contributed by atoms with Crippen molar-refractivity contribution in [3.63, 3.8) is 0 Å². The van der Waals surface area contributed by atoms with Crippen LogP contribution < -0.4 is 10.6 Å². The van der Waals surface area contributed by atoms with Crippen molar-refractivity contribution in [3.8, 4) is 0 Å². The number of thiocarbonyl (C=S) groups is 1. The summed E-state index contributed by atoms with van der Waals surface area (Å²) in [6, 6.07) is 23.8. The number of rotatable bonds is 8. The lowest BCUT2D eigenvalue weighted by atomic mass is 9.92. The average molecular weight is 457 g/mol. The smallest absolute Gasteiger partial charge is 0.166 e. The lowest BCUT2D eigenvalue weighted by Crippen LogP contribution is -2.34. The molecule has 2 aromatic rings. The van der Waals surface area contributed by atoms with Crippen molar-refractivity contribution in [1.82, 2.24) is 20.0 Å². The van der Waals surface area contributed by atoms with Crippen LogP contribution in [-0.2, 0) is 0 Å². The lowest BCUT2D eigenvalue weighted by Gasteiger charge is -2.36. The third-order valence-electron chi connectivity index (χ3n) is 5.79. The Morgan fingerprint density at radius 2 is 1.32 bits per heavy atom. The fraction of sp³-hybridized carbons (Fsp3) is 0.480. The molecule has 0 aliphatic carbocycles. The van der Waals surface area contributed by atoms with Gasteiger partial charge < -0.3 is 10.6 Å². The van der Waals surface area contributed by atoms with Gasteiger partial charge in [0.1, 0.15) is 0 Å². The Kier molecular flexibility index (Phi) is 8.85. The van der Waals surface area contributed by atoms with E-state index in [0.717, 1.165) is 24.2 Å². The Hall–Kier alpha value is -1.52. The maximum atomic E-state index is 5.26. The van der Waals surface area contributed by atoms with Crippen LogP contribution in [0.2, 0.25) is 0 Å². The molecule has 2 aromatic carbocycles. The fourth-order valence-corrected chi connectivity index (χ4v) is 7.99. The van der Waals surface area contributed by atoms with E-state index < -0.39 is 8.22 Å². The average Bonchev–Trinajstić information content (AvgIpc) is 3.13. The van der Waals surface area contributed by atoms with Crippen molar-refractivity contribution in [2.45, 2.75) is 58.3 Å². The van der Waals surface area contributed by atoms with Crippen molar-refractivity contribution >= 4 is 25.6 Å². The van der Waals surface area contributed by atoms with Crippen LogP contribution in [0.15, 0.2) is 60.7 Å². The Morgan fingerprint density at radius 1 is 0.871 bits per heavy atom. The molecule has 31 heavy (non-hydrogen) atoms. The van der Waals surface area contributed by atoms with Crippen molar-refractivity contribution in [2.24, 2.45) is 0 Å². The van der Waals surface area contributed by atoms with Gasteiger partial charge in [0, 0.05) is 33.9 Å². The zero-order valence-electron chi connectivity index (χ0n) is 19.5. The summed E-state index contributed by atoms with van der Waals surface area (Å²) in [4.78, 5) is 0. The van der Waals surface area contributed by atoms with E-state index in [4.69, 9.17) is 12.2 Å². The van der Waals surface area contributed by atoms with Crippen LogP contribution in [-0.4, -0.2) is 46.3 Å². The summed E-state index contributed by atoms with van der Waals surface area (Å²) in [6.45, 7) is 10.3. The van der Waals surface area contributed by atoms with Gasteiger partial charge in [0.2, 0.25) is 0 Å². The molecule has 2 N–H and O–H groups in total. The SMILES string of the molecule is CNC(=S)NCCCP1N(C(C)C)[C@H](c2ccccc2)[C@@H](c2ccccc2)N1C(C)C. The minimum Gasteiger partial charge on any atom is -0.366 e. The van der Waals surface area contributed by atoms with Crippen LogP contribution in [0.5, 0.6) is 0 Å². The highest BCUT2D eigenvalue weighted by Gasteiger charge is 2.49. The highest BCUT2D eigenvalue weighted by Crippen LogP contribution is 2.65. The van der Waals surface area contributed by atoms with Crippen molar-refractivity contribution in [3.05, 3.63) is 71.8 Å². The van der Waals surface area contributed by atoms with Gasteiger partial charge in [-0.2, -0.15) is 0 Å². The molecule has 0 aromatic heterocycles. The number of hydrogen-bond donors (Lipinski definition) is 2. The zero-order valence-corrected chi connectivity index (χ0v) is 21.2. The highest BCUT2D eigenvalue weighted by molar-refractivity contribution is 7.80. The van der Waals surface area contributed by atoms with E-state index in [1.807, 2.05) is 7.05 Å². The number of hydrogen-bond acceptors (Lipinski definition) is 3. The van der Waals surface area contributed by atoms with Gasteiger partial charge in [-0.25, -0.2) is 0 Å². The molecule has 0 unspecified atom stereocenters. The first-order valence-corrected chi connectivity index (χ1v) is 13.2. The molecule has 0 bridgehead atoms. The number of nitrogens with zero attached hydrogens (tertiary/aromatic N) is 2. The van der Waals surface area contributed by atoms with Crippen LogP contribution in [0.3, 0.4) is 0 Å². The van der Waals surface area contributed by atoms with E-state index in [2.05, 4.69) is 108 Å². The summed E-state index contributed by atoms with van der Waals surface area (Å²) < 4.78 is 5.61. The predicted octanol–water partition coefficient (Wildman–Crippen LogP) is 5.70. The van der Waals surface area contributed by atoms with Gasteiger partial charge >= 0.3 is 0 Å². The third-order valence-corrected chi connectivity index (χ3v) is 9.34. The molecule has 0 spiro atoms. The van der Waals surface area contributed by atoms with Crippen LogP contribution in [0.25, 0.3) is 0 Å². The van der Waals surface area contributed by atoms with Gasteiger partial charge in [0.15, 0.2) is 5.11 Å². The molecule has 1 aliphatic heterocycles. The standard InChI is InChI=1S/C25H37N4PS/c1-19(2)28-23(21-13-8-6-9-14-21)24(22-15-10-7-11-16-22)29(20(3)4)30(28)18-12-17-27-25(31)26-5/h6-11,13-16,19-20,23-24H,12,17-18H2,1-5H3,(H2,26,27,31)/t23-,24-/m1/s1. The fourth-order valence-electron chi connectivity index (χ4n) is 4.58. The normalized spacial score (nSPS) is 20.5. The molecule has 168 valence electrons. The second kappa shape index (κ2) is 11.4. The molecule has 1 saturated heterocycles. The van der Waals surface area contributed by atoms with Crippen LogP contribution in [0.1, 0.15) is 57.3 Å². The summed E-state index contributed by atoms with van der Waals surface area (Å²) in [5, 5.41) is 7.06. The minimum absolute atomic E-state index is 0.350. The Balaban J connectivity index is 1.99. The monoisotopic (exact) mass is 456 g/mol. The predicted molar refractivity (Wildman–Crippen MR) is 138 cm³/mol. The minimum atomic E-state index is -0.449. The second-order valence-corrected chi connectivity index (χ2v) is 11.1. The zero-order chi connectivity index (χ0) is 22.4. The van der Waals surface area contributed by atoms with Crippen molar-refractivity contribution < 1.29 is 0 Å². The summed E-state index contributed by atoms with van der Waals surface area (Å²) in [7, 11) is 1.42. The molecular formula is C25H37N4PS. The first-order valence-electron chi connectivity index (χ1n) is 11.3. The van der Waals surface area contributed by atoms with E-state index in [1.54, 1.807) is 0 Å². The van der Waals surface area contributed by atoms with Gasteiger partial charge in [-0.3, -0.25) is 9.34 Å². The summed E-state index contributed by atoms with van der Waals surface area (Å²) in [5.41, 5.74) is 2.82. The molecule has 1 heterocycles. The largest absolute Gasteiger partial charge is 0.366 e. The third kappa shape index (κ3) is 5.64. The highest BCUT2D eigenvalue weighted by atomic mass is 32.1. The van der Waals surface area contributed by atoms with Crippen molar-refractivity contribution in [2.75, 3.05) is 19.8 Å². The van der Waals surface area contributed by atoms with Gasteiger partial charge in [-0.15, -0.1) is 0 Å². The van der Waals surface area contributed by atoms with Crippen LogP contribution in [0, 0.1) is 0 Å². The van der Waals surface area contributed by atoms with E-state index in [0.29, 0.717) is 24.2 Å². The molecule has 0 radical (unpaired) electrons. The van der Waals surface area contributed by atoms with E-state index in [1.165, 1.54) is 11.1 Å². The molecule has 6 heteroatoms. The first kappa shape index (κ1) is 24.1. The molecular weight excluding hydrogens is 419 g/mol. The molecule has 0 amide bonds. The first-order chi connectivity index (χ1) is 15.0. The molecule has 3 rings (SSSR count). The molecule has 1 aliphatic rings. The molecule has 1 fully saturated rings. The lowest BCUT2D eigenvalue weighted by molar-refractivity contribution is 0.227. The maximum Gasteiger partial charge on any atom is 0.166 e. The van der Waals surface area contributed by atoms with Gasteiger partial charge in [-0.1, -0.05) is 60.7 Å². The molecule has 2 atom stereocenters. The Labute approximate surface area is 195 Å². The maximum absolute atomic E-state index is 5.26. The van der Waals surface area contributed by atoms with E-state index in [9.17, 15) is 0 Å². The van der Waals surface area contributed by atoms with Crippen LogP contribution >= 0.6 is 20.4 Å². The van der Waals surface area contributed by atoms with Crippen molar-refractivity contribution in [1.29, 1.82) is 0 Å². The Morgan fingerprint density at radius 3 is 1.71 bits per heavy atom. The molecule has 0 saturated carbocycles.